The van der Waals surface area contributed by atoms with Gasteiger partial charge in [-0.15, -0.1) is 11.3 Å². The maximum Gasteiger partial charge on any atom is 0.471 e. The van der Waals surface area contributed by atoms with Gasteiger partial charge in [-0.05, 0) is 30.2 Å². The first-order valence-electron chi connectivity index (χ1n) is 6.55. The largest absolute Gasteiger partial charge is 0.471 e. The third kappa shape index (κ3) is 4.20. The van der Waals surface area contributed by atoms with Gasteiger partial charge in [0.2, 0.25) is 0 Å². The average Bonchev–Trinajstić information content (AvgIpc) is 2.97. The van der Waals surface area contributed by atoms with Crippen LogP contribution in [0.5, 0.6) is 0 Å². The van der Waals surface area contributed by atoms with Crippen LogP contribution in [0.4, 0.5) is 13.2 Å². The number of nitrogens with zero attached hydrogens (tertiary/aromatic N) is 1. The fraction of sp³-hybridized carbons (Fsp3) is 0.538. The molecule has 0 unspecified atom stereocenters. The quantitative estimate of drug-likeness (QED) is 0.929. The van der Waals surface area contributed by atoms with Crippen molar-refractivity contribution in [1.82, 2.24) is 10.2 Å². The lowest BCUT2D eigenvalue weighted by Crippen LogP contribution is -2.43. The summed E-state index contributed by atoms with van der Waals surface area (Å²) in [6, 6.07) is 3.56. The monoisotopic (exact) mass is 320 g/mol. The molecule has 0 bridgehead atoms. The topological polar surface area (TPSA) is 49.4 Å². The van der Waals surface area contributed by atoms with E-state index >= 15 is 0 Å². The van der Waals surface area contributed by atoms with Crippen LogP contribution in [-0.4, -0.2) is 42.5 Å². The predicted octanol–water partition coefficient (Wildman–Crippen LogP) is 2.28. The Bertz CT molecular complexity index is 494. The highest BCUT2D eigenvalue weighted by atomic mass is 32.1. The number of carbonyl (C=O) groups is 2. The lowest BCUT2D eigenvalue weighted by molar-refractivity contribution is -0.173. The summed E-state index contributed by atoms with van der Waals surface area (Å²) in [5.41, 5.74) is 0. The molecule has 116 valence electrons. The fourth-order valence-corrected chi connectivity index (χ4v) is 2.92. The minimum absolute atomic E-state index is 0.000619. The molecule has 1 fully saturated rings. The van der Waals surface area contributed by atoms with Crippen molar-refractivity contribution in [3.05, 3.63) is 22.4 Å². The molecular weight excluding hydrogens is 305 g/mol. The van der Waals surface area contributed by atoms with Crippen LogP contribution in [0.15, 0.2) is 17.5 Å². The Morgan fingerprint density at radius 1 is 1.33 bits per heavy atom. The molecule has 1 saturated heterocycles. The zero-order valence-corrected chi connectivity index (χ0v) is 12.0. The number of halogens is 3. The van der Waals surface area contributed by atoms with Crippen LogP contribution >= 0.6 is 11.3 Å². The van der Waals surface area contributed by atoms with Crippen LogP contribution in [0.3, 0.4) is 0 Å². The SMILES string of the molecule is O=C(c1cccs1)N1CCC(CNC(=O)C(F)(F)F)CC1. The molecule has 1 aliphatic rings. The molecule has 2 rings (SSSR count). The van der Waals surface area contributed by atoms with E-state index in [1.54, 1.807) is 17.0 Å². The number of carbonyl (C=O) groups excluding carboxylic acids is 2. The zero-order chi connectivity index (χ0) is 15.5. The molecule has 1 N–H and O–H groups in total. The van der Waals surface area contributed by atoms with Gasteiger partial charge in [-0.25, -0.2) is 0 Å². The lowest BCUT2D eigenvalue weighted by Gasteiger charge is -2.31. The fourth-order valence-electron chi connectivity index (χ4n) is 2.23. The van der Waals surface area contributed by atoms with Gasteiger partial charge in [0.15, 0.2) is 0 Å². The molecule has 0 saturated carbocycles. The zero-order valence-electron chi connectivity index (χ0n) is 11.2. The summed E-state index contributed by atoms with van der Waals surface area (Å²) in [5, 5.41) is 3.72. The van der Waals surface area contributed by atoms with E-state index in [2.05, 4.69) is 0 Å². The molecule has 1 aliphatic heterocycles. The Morgan fingerprint density at radius 3 is 2.52 bits per heavy atom. The second-order valence-electron chi connectivity index (χ2n) is 4.92. The van der Waals surface area contributed by atoms with Gasteiger partial charge in [-0.3, -0.25) is 9.59 Å². The van der Waals surface area contributed by atoms with E-state index in [1.165, 1.54) is 11.3 Å². The van der Waals surface area contributed by atoms with Crippen molar-refractivity contribution in [3.63, 3.8) is 0 Å². The molecule has 0 aromatic carbocycles. The van der Waals surface area contributed by atoms with Gasteiger partial charge >= 0.3 is 12.1 Å². The van der Waals surface area contributed by atoms with Gasteiger partial charge in [0.25, 0.3) is 5.91 Å². The van der Waals surface area contributed by atoms with Crippen LogP contribution < -0.4 is 5.32 Å². The normalized spacial score (nSPS) is 16.8. The average molecular weight is 320 g/mol. The van der Waals surface area contributed by atoms with Crippen LogP contribution in [0.1, 0.15) is 22.5 Å². The molecule has 1 aromatic heterocycles. The van der Waals surface area contributed by atoms with Gasteiger partial charge in [-0.2, -0.15) is 13.2 Å². The summed E-state index contributed by atoms with van der Waals surface area (Å²) in [6.07, 6.45) is -3.65. The third-order valence-electron chi connectivity index (χ3n) is 3.44. The van der Waals surface area contributed by atoms with Crippen LogP contribution in [0.25, 0.3) is 0 Å². The Morgan fingerprint density at radius 2 is 2.00 bits per heavy atom. The Kier molecular flexibility index (Phi) is 4.87. The highest BCUT2D eigenvalue weighted by Gasteiger charge is 2.38. The summed E-state index contributed by atoms with van der Waals surface area (Å²) in [6.45, 7) is 1.01. The minimum atomic E-state index is -4.84. The molecule has 21 heavy (non-hydrogen) atoms. The van der Waals surface area contributed by atoms with E-state index in [4.69, 9.17) is 0 Å². The van der Waals surface area contributed by atoms with Crippen LogP contribution in [-0.2, 0) is 4.79 Å². The summed E-state index contributed by atoms with van der Waals surface area (Å²) < 4.78 is 36.2. The predicted molar refractivity (Wildman–Crippen MR) is 72.0 cm³/mol. The standard InChI is InChI=1S/C13H15F3N2O2S/c14-13(15,16)12(20)17-8-9-3-5-18(6-4-9)11(19)10-2-1-7-21-10/h1-2,7,9H,3-6,8H2,(H,17,20). The highest BCUT2D eigenvalue weighted by Crippen LogP contribution is 2.21. The van der Waals surface area contributed by atoms with Gasteiger partial charge in [0, 0.05) is 19.6 Å². The van der Waals surface area contributed by atoms with E-state index in [1.807, 2.05) is 10.7 Å². The van der Waals surface area contributed by atoms with Crippen molar-refractivity contribution in [2.24, 2.45) is 5.92 Å². The van der Waals surface area contributed by atoms with Crippen molar-refractivity contribution < 1.29 is 22.8 Å². The van der Waals surface area contributed by atoms with E-state index in [-0.39, 0.29) is 18.4 Å². The number of piperidine rings is 1. The van der Waals surface area contributed by atoms with Crippen molar-refractivity contribution in [3.8, 4) is 0 Å². The first-order chi connectivity index (χ1) is 9.88. The molecule has 0 spiro atoms. The second-order valence-corrected chi connectivity index (χ2v) is 5.87. The van der Waals surface area contributed by atoms with Gasteiger partial charge < -0.3 is 10.2 Å². The molecule has 0 radical (unpaired) electrons. The molecule has 2 amide bonds. The summed E-state index contributed by atoms with van der Waals surface area (Å²) >= 11 is 1.37. The number of nitrogens with one attached hydrogen (secondary N) is 1. The van der Waals surface area contributed by atoms with Crippen LogP contribution in [0.2, 0.25) is 0 Å². The number of thiophene rings is 1. The first-order valence-corrected chi connectivity index (χ1v) is 7.43. The Hall–Kier alpha value is -1.57. The molecule has 4 nitrogen and oxygen atoms in total. The van der Waals surface area contributed by atoms with Crippen molar-refractivity contribution in [1.29, 1.82) is 0 Å². The van der Waals surface area contributed by atoms with E-state index in [0.29, 0.717) is 30.8 Å². The summed E-state index contributed by atoms with van der Waals surface area (Å²) in [7, 11) is 0. The van der Waals surface area contributed by atoms with Gasteiger partial charge in [0.1, 0.15) is 0 Å². The summed E-state index contributed by atoms with van der Waals surface area (Å²) in [4.78, 5) is 25.2. The smallest absolute Gasteiger partial charge is 0.348 e. The number of hydrogen-bond acceptors (Lipinski definition) is 3. The Balaban J connectivity index is 1.76. The first kappa shape index (κ1) is 15.8. The van der Waals surface area contributed by atoms with E-state index < -0.39 is 12.1 Å². The third-order valence-corrected chi connectivity index (χ3v) is 4.30. The summed E-state index contributed by atoms with van der Waals surface area (Å²) in [5.74, 6) is -1.97. The molecular formula is C13H15F3N2O2S. The van der Waals surface area contributed by atoms with Crippen molar-refractivity contribution in [2.45, 2.75) is 19.0 Å². The van der Waals surface area contributed by atoms with Gasteiger partial charge in [0.05, 0.1) is 4.88 Å². The lowest BCUT2D eigenvalue weighted by atomic mass is 9.96. The van der Waals surface area contributed by atoms with Gasteiger partial charge in [-0.1, -0.05) is 6.07 Å². The molecule has 1 aromatic rings. The van der Waals surface area contributed by atoms with E-state index in [9.17, 15) is 22.8 Å². The molecule has 2 heterocycles. The number of hydrogen-bond donors (Lipinski definition) is 1. The van der Waals surface area contributed by atoms with E-state index in [0.717, 1.165) is 0 Å². The number of rotatable bonds is 3. The Labute approximate surface area is 123 Å². The maximum atomic E-state index is 12.1. The minimum Gasteiger partial charge on any atom is -0.348 e. The molecule has 8 heteroatoms. The molecule has 0 aliphatic carbocycles. The molecule has 0 atom stereocenters. The number of alkyl halides is 3. The number of amides is 2. The number of likely N-dealkylation sites (tertiary alicyclic amines) is 1. The van der Waals surface area contributed by atoms with Crippen LogP contribution in [0, 0.1) is 5.92 Å². The van der Waals surface area contributed by atoms with Crippen molar-refractivity contribution in [2.75, 3.05) is 19.6 Å². The second kappa shape index (κ2) is 6.46. The van der Waals surface area contributed by atoms with Crippen molar-refractivity contribution >= 4 is 23.2 Å². The maximum absolute atomic E-state index is 12.1. The highest BCUT2D eigenvalue weighted by molar-refractivity contribution is 7.12.